The molecule has 0 unspecified atom stereocenters. The molecule has 2 fully saturated rings. The molecule has 0 radical (unpaired) electrons. The van der Waals surface area contributed by atoms with Gasteiger partial charge in [-0.25, -0.2) is 0 Å². The Morgan fingerprint density at radius 1 is 1.28 bits per heavy atom. The van der Waals surface area contributed by atoms with Crippen LogP contribution in [0.4, 0.5) is 0 Å². The summed E-state index contributed by atoms with van der Waals surface area (Å²) in [5, 5.41) is 0. The number of likely N-dealkylation sites (tertiary alicyclic amines) is 1. The minimum Gasteiger partial charge on any atom is -0.371 e. The number of quaternary nitrogens is 1. The third-order valence-corrected chi connectivity index (χ3v) is 5.46. The SMILES string of the molecule is CC1=CC[C@H]2CO[C@H](C[N+]3(C)CCCCC3)[C@H]1C2. The second-order valence-electron chi connectivity index (χ2n) is 7.07. The van der Waals surface area contributed by atoms with Crippen LogP contribution in [-0.2, 0) is 4.74 Å². The molecule has 0 aromatic rings. The molecule has 2 nitrogen and oxygen atoms in total. The van der Waals surface area contributed by atoms with Crippen molar-refractivity contribution < 1.29 is 9.22 Å². The number of fused-ring (bicyclic) bond motifs is 2. The third kappa shape index (κ3) is 2.50. The van der Waals surface area contributed by atoms with Crippen LogP contribution >= 0.6 is 0 Å². The normalized spacial score (nSPS) is 39.2. The van der Waals surface area contributed by atoms with Crippen LogP contribution in [0, 0.1) is 11.8 Å². The van der Waals surface area contributed by atoms with Gasteiger partial charge >= 0.3 is 0 Å². The largest absolute Gasteiger partial charge is 0.371 e. The first-order chi connectivity index (χ1) is 8.66. The van der Waals surface area contributed by atoms with Crippen molar-refractivity contribution in [3.8, 4) is 0 Å². The van der Waals surface area contributed by atoms with E-state index in [1.54, 1.807) is 5.57 Å². The molecule has 0 amide bonds. The zero-order valence-corrected chi connectivity index (χ0v) is 12.0. The van der Waals surface area contributed by atoms with E-state index >= 15 is 0 Å². The van der Waals surface area contributed by atoms with Gasteiger partial charge in [-0.1, -0.05) is 11.6 Å². The van der Waals surface area contributed by atoms with Crippen LogP contribution in [0.1, 0.15) is 39.0 Å². The molecular weight excluding hydrogens is 222 g/mol. The van der Waals surface area contributed by atoms with Crippen LogP contribution in [0.2, 0.25) is 0 Å². The molecule has 2 heterocycles. The van der Waals surface area contributed by atoms with Gasteiger partial charge in [0.2, 0.25) is 0 Å². The monoisotopic (exact) mass is 250 g/mol. The first-order valence-electron chi connectivity index (χ1n) is 7.78. The van der Waals surface area contributed by atoms with Gasteiger partial charge in [-0.15, -0.1) is 0 Å². The Kier molecular flexibility index (Phi) is 3.50. The summed E-state index contributed by atoms with van der Waals surface area (Å²) < 4.78 is 7.48. The number of allylic oxidation sites excluding steroid dienone is 1. The van der Waals surface area contributed by atoms with E-state index in [1.165, 1.54) is 56.2 Å². The molecule has 3 rings (SSSR count). The van der Waals surface area contributed by atoms with Crippen molar-refractivity contribution in [2.24, 2.45) is 11.8 Å². The maximum Gasteiger partial charge on any atom is 0.113 e. The van der Waals surface area contributed by atoms with Gasteiger partial charge in [0.15, 0.2) is 0 Å². The Hall–Kier alpha value is -0.340. The van der Waals surface area contributed by atoms with Crippen LogP contribution in [-0.4, -0.2) is 43.9 Å². The van der Waals surface area contributed by atoms with E-state index in [2.05, 4.69) is 20.0 Å². The second-order valence-corrected chi connectivity index (χ2v) is 7.07. The molecule has 0 aromatic heterocycles. The van der Waals surface area contributed by atoms with Crippen molar-refractivity contribution in [2.45, 2.75) is 45.1 Å². The molecule has 1 aliphatic carbocycles. The fraction of sp³-hybridized carbons (Fsp3) is 0.875. The van der Waals surface area contributed by atoms with Crippen molar-refractivity contribution in [1.82, 2.24) is 0 Å². The van der Waals surface area contributed by atoms with E-state index in [-0.39, 0.29) is 0 Å². The summed E-state index contributed by atoms with van der Waals surface area (Å²) in [5.41, 5.74) is 1.60. The third-order valence-electron chi connectivity index (χ3n) is 5.46. The average molecular weight is 250 g/mol. The molecule has 0 saturated carbocycles. The second kappa shape index (κ2) is 4.97. The highest BCUT2D eigenvalue weighted by molar-refractivity contribution is 5.12. The summed E-state index contributed by atoms with van der Waals surface area (Å²) in [6.45, 7) is 7.28. The number of nitrogens with zero attached hydrogens (tertiary/aromatic N) is 1. The molecule has 2 saturated heterocycles. The fourth-order valence-corrected chi connectivity index (χ4v) is 4.17. The van der Waals surface area contributed by atoms with Gasteiger partial charge in [0, 0.05) is 5.92 Å². The highest BCUT2D eigenvalue weighted by Crippen LogP contribution is 2.38. The molecule has 3 aliphatic rings. The predicted octanol–water partition coefficient (Wildman–Crippen LogP) is 2.99. The van der Waals surface area contributed by atoms with E-state index in [9.17, 15) is 0 Å². The van der Waals surface area contributed by atoms with Crippen molar-refractivity contribution in [2.75, 3.05) is 33.3 Å². The Morgan fingerprint density at radius 3 is 2.83 bits per heavy atom. The predicted molar refractivity (Wildman–Crippen MR) is 74.3 cm³/mol. The lowest BCUT2D eigenvalue weighted by atomic mass is 9.76. The number of rotatable bonds is 2. The Balaban J connectivity index is 1.68. The van der Waals surface area contributed by atoms with Crippen molar-refractivity contribution in [1.29, 1.82) is 0 Å². The van der Waals surface area contributed by atoms with Crippen LogP contribution in [0.25, 0.3) is 0 Å². The average Bonchev–Trinajstić information content (AvgIpc) is 2.37. The summed E-state index contributed by atoms with van der Waals surface area (Å²) in [6.07, 6.45) is 9.85. The van der Waals surface area contributed by atoms with Gasteiger partial charge in [-0.2, -0.15) is 0 Å². The van der Waals surface area contributed by atoms with Crippen LogP contribution in [0.3, 0.4) is 0 Å². The maximum atomic E-state index is 6.23. The topological polar surface area (TPSA) is 9.23 Å². The lowest BCUT2D eigenvalue weighted by Gasteiger charge is -2.45. The van der Waals surface area contributed by atoms with E-state index in [1.807, 2.05) is 0 Å². The molecular formula is C16H28NO+. The van der Waals surface area contributed by atoms with Gasteiger partial charge in [0.05, 0.1) is 26.7 Å². The zero-order valence-electron chi connectivity index (χ0n) is 12.0. The number of hydrogen-bond donors (Lipinski definition) is 0. The first kappa shape index (κ1) is 12.7. The summed E-state index contributed by atoms with van der Waals surface area (Å²) in [7, 11) is 2.44. The summed E-state index contributed by atoms with van der Waals surface area (Å²) in [4.78, 5) is 0. The van der Waals surface area contributed by atoms with Gasteiger partial charge in [0.1, 0.15) is 12.6 Å². The Labute approximate surface area is 112 Å². The van der Waals surface area contributed by atoms with Gasteiger partial charge < -0.3 is 9.22 Å². The van der Waals surface area contributed by atoms with E-state index in [0.717, 1.165) is 18.4 Å². The Bertz CT molecular complexity index is 330. The van der Waals surface area contributed by atoms with Gasteiger partial charge in [0.25, 0.3) is 0 Å². The molecule has 0 N–H and O–H groups in total. The van der Waals surface area contributed by atoms with Crippen LogP contribution in [0.5, 0.6) is 0 Å². The molecule has 2 bridgehead atoms. The van der Waals surface area contributed by atoms with E-state index in [0.29, 0.717) is 6.10 Å². The molecule has 0 aromatic carbocycles. The van der Waals surface area contributed by atoms with E-state index in [4.69, 9.17) is 4.74 Å². The van der Waals surface area contributed by atoms with Crippen LogP contribution in [0.15, 0.2) is 11.6 Å². The number of hydrogen-bond acceptors (Lipinski definition) is 1. The molecule has 0 spiro atoms. The van der Waals surface area contributed by atoms with Crippen molar-refractivity contribution in [3.05, 3.63) is 11.6 Å². The first-order valence-corrected chi connectivity index (χ1v) is 7.78. The standard InChI is InChI=1S/C16H28NO/c1-13-6-7-14-10-15(13)16(18-12-14)11-17(2)8-4-3-5-9-17/h6,14-16H,3-5,7-12H2,1-2H3/q+1/t14-,15+,16-/m1/s1. The Morgan fingerprint density at radius 2 is 2.06 bits per heavy atom. The number of ether oxygens (including phenoxy) is 1. The quantitative estimate of drug-likeness (QED) is 0.541. The highest BCUT2D eigenvalue weighted by Gasteiger charge is 2.39. The van der Waals surface area contributed by atoms with E-state index < -0.39 is 0 Å². The molecule has 2 heteroatoms. The minimum atomic E-state index is 0.487. The molecule has 3 atom stereocenters. The molecule has 2 aliphatic heterocycles. The van der Waals surface area contributed by atoms with Crippen molar-refractivity contribution >= 4 is 0 Å². The highest BCUT2D eigenvalue weighted by atomic mass is 16.5. The van der Waals surface area contributed by atoms with Gasteiger partial charge in [-0.05, 0) is 44.9 Å². The van der Waals surface area contributed by atoms with Gasteiger partial charge in [-0.3, -0.25) is 0 Å². The zero-order chi connectivity index (χ0) is 12.6. The summed E-state index contributed by atoms with van der Waals surface area (Å²) >= 11 is 0. The summed E-state index contributed by atoms with van der Waals surface area (Å²) in [6, 6.07) is 0. The summed E-state index contributed by atoms with van der Waals surface area (Å²) in [5.74, 6) is 1.52. The van der Waals surface area contributed by atoms with Crippen LogP contribution < -0.4 is 0 Å². The number of piperidine rings is 1. The minimum absolute atomic E-state index is 0.487. The molecule has 102 valence electrons. The van der Waals surface area contributed by atoms with Crippen molar-refractivity contribution in [3.63, 3.8) is 0 Å². The smallest absolute Gasteiger partial charge is 0.113 e. The molecule has 18 heavy (non-hydrogen) atoms. The number of likely N-dealkylation sites (N-methyl/N-ethyl adjacent to an activating group) is 1. The maximum absolute atomic E-state index is 6.23. The lowest BCUT2D eigenvalue weighted by molar-refractivity contribution is -0.917. The fourth-order valence-electron chi connectivity index (χ4n) is 4.17. The lowest BCUT2D eigenvalue weighted by Crippen LogP contribution is -2.55.